The number of furan rings is 1. The van der Waals surface area contributed by atoms with E-state index in [0.717, 1.165) is 36.4 Å². The molecule has 25 heavy (non-hydrogen) atoms. The summed E-state index contributed by atoms with van der Waals surface area (Å²) in [5.41, 5.74) is 8.78. The highest BCUT2D eigenvalue weighted by Crippen LogP contribution is 2.26. The molecule has 0 aliphatic rings. The van der Waals surface area contributed by atoms with Crippen LogP contribution in [0, 0.1) is 6.92 Å². The molecular formula is C20H25N3O2. The Balaban J connectivity index is 1.72. The maximum Gasteiger partial charge on any atom is 0.237 e. The molecule has 0 unspecified atom stereocenters. The zero-order chi connectivity index (χ0) is 17.8. The predicted octanol–water partition coefficient (Wildman–Crippen LogP) is 3.14. The average molecular weight is 339 g/mol. The normalized spacial score (nSPS) is 12.6. The molecule has 0 bridgehead atoms. The smallest absolute Gasteiger partial charge is 0.237 e. The zero-order valence-electron chi connectivity index (χ0n) is 14.8. The van der Waals surface area contributed by atoms with E-state index in [-0.39, 0.29) is 12.5 Å². The molecule has 3 rings (SSSR count). The van der Waals surface area contributed by atoms with E-state index in [1.165, 1.54) is 10.9 Å². The van der Waals surface area contributed by atoms with E-state index >= 15 is 0 Å². The second-order valence-corrected chi connectivity index (χ2v) is 6.53. The van der Waals surface area contributed by atoms with E-state index < -0.39 is 0 Å². The third-order valence-electron chi connectivity index (χ3n) is 4.71. The first-order chi connectivity index (χ1) is 12.1. The maximum absolute atomic E-state index is 11.4. The van der Waals surface area contributed by atoms with Crippen molar-refractivity contribution in [3.63, 3.8) is 0 Å². The van der Waals surface area contributed by atoms with Gasteiger partial charge in [0, 0.05) is 35.6 Å². The SMILES string of the molecule is Cc1c(CN[C@H](C)CCc2ccco2)c2ccccc2n1CC(N)=O. The van der Waals surface area contributed by atoms with Gasteiger partial charge >= 0.3 is 0 Å². The second-order valence-electron chi connectivity index (χ2n) is 6.53. The Kier molecular flexibility index (Phi) is 5.24. The molecule has 3 aromatic rings. The standard InChI is InChI=1S/C20H25N3O2/c1-14(9-10-16-6-5-11-25-16)22-12-18-15(2)23(13-20(21)24)19-8-4-3-7-17(18)19/h3-8,11,14,22H,9-10,12-13H2,1-2H3,(H2,21,24)/t14-/m1/s1. The first kappa shape index (κ1) is 17.3. The highest BCUT2D eigenvalue weighted by molar-refractivity contribution is 5.87. The van der Waals surface area contributed by atoms with Crippen molar-refractivity contribution >= 4 is 16.8 Å². The molecule has 0 spiro atoms. The summed E-state index contributed by atoms with van der Waals surface area (Å²) in [4.78, 5) is 11.4. The Morgan fingerprint density at radius 1 is 1.28 bits per heavy atom. The summed E-state index contributed by atoms with van der Waals surface area (Å²) in [5.74, 6) is 0.693. The van der Waals surface area contributed by atoms with E-state index in [1.807, 2.05) is 41.8 Å². The van der Waals surface area contributed by atoms with E-state index in [0.29, 0.717) is 6.04 Å². The number of nitrogens with one attached hydrogen (secondary N) is 1. The van der Waals surface area contributed by atoms with Crippen LogP contribution >= 0.6 is 0 Å². The number of amides is 1. The van der Waals surface area contributed by atoms with Gasteiger partial charge in [0.25, 0.3) is 0 Å². The van der Waals surface area contributed by atoms with Gasteiger partial charge in [-0.2, -0.15) is 0 Å². The number of rotatable bonds is 8. The van der Waals surface area contributed by atoms with Crippen LogP contribution in [0.2, 0.25) is 0 Å². The van der Waals surface area contributed by atoms with E-state index in [9.17, 15) is 4.79 Å². The van der Waals surface area contributed by atoms with Gasteiger partial charge in [-0.05, 0) is 44.0 Å². The number of hydrogen-bond acceptors (Lipinski definition) is 3. The number of para-hydroxylation sites is 1. The molecule has 0 fully saturated rings. The van der Waals surface area contributed by atoms with Gasteiger partial charge < -0.3 is 20.0 Å². The molecule has 2 heterocycles. The highest BCUT2D eigenvalue weighted by Gasteiger charge is 2.15. The van der Waals surface area contributed by atoms with Crippen LogP contribution in [0.25, 0.3) is 10.9 Å². The summed E-state index contributed by atoms with van der Waals surface area (Å²) >= 11 is 0. The first-order valence-corrected chi connectivity index (χ1v) is 8.67. The molecule has 1 aromatic carbocycles. The van der Waals surface area contributed by atoms with E-state index in [1.54, 1.807) is 6.26 Å². The van der Waals surface area contributed by atoms with E-state index in [4.69, 9.17) is 10.2 Å². The van der Waals surface area contributed by atoms with Crippen LogP contribution in [0.15, 0.2) is 47.1 Å². The van der Waals surface area contributed by atoms with Crippen molar-refractivity contribution in [3.05, 3.63) is 59.7 Å². The number of aromatic nitrogens is 1. The summed E-state index contributed by atoms with van der Waals surface area (Å²) in [6.45, 7) is 5.20. The van der Waals surface area contributed by atoms with Gasteiger partial charge in [0.05, 0.1) is 6.26 Å². The van der Waals surface area contributed by atoms with Crippen molar-refractivity contribution in [2.75, 3.05) is 0 Å². The molecule has 3 N–H and O–H groups in total. The van der Waals surface area contributed by atoms with Crippen LogP contribution in [-0.2, 0) is 24.3 Å². The number of carbonyl (C=O) groups is 1. The van der Waals surface area contributed by atoms with Crippen molar-refractivity contribution in [1.82, 2.24) is 9.88 Å². The number of hydrogen-bond donors (Lipinski definition) is 2. The molecular weight excluding hydrogens is 314 g/mol. The number of primary amides is 1. The topological polar surface area (TPSA) is 73.2 Å². The van der Waals surface area contributed by atoms with Crippen LogP contribution in [0.1, 0.15) is 30.4 Å². The highest BCUT2D eigenvalue weighted by atomic mass is 16.3. The number of benzene rings is 1. The molecule has 0 aliphatic carbocycles. The lowest BCUT2D eigenvalue weighted by Crippen LogP contribution is -2.26. The minimum absolute atomic E-state index is 0.209. The third kappa shape index (κ3) is 3.94. The van der Waals surface area contributed by atoms with Crippen LogP contribution in [-0.4, -0.2) is 16.5 Å². The summed E-state index contributed by atoms with van der Waals surface area (Å²) in [6.07, 6.45) is 3.64. The number of nitrogens with two attached hydrogens (primary N) is 1. The minimum atomic E-state index is -0.324. The maximum atomic E-state index is 11.4. The Hall–Kier alpha value is -2.53. The molecule has 0 saturated heterocycles. The molecule has 1 amide bonds. The van der Waals surface area contributed by atoms with Gasteiger partial charge in [-0.3, -0.25) is 4.79 Å². The fraction of sp³-hybridized carbons (Fsp3) is 0.350. The molecule has 2 aromatic heterocycles. The van der Waals surface area contributed by atoms with Gasteiger partial charge in [0.2, 0.25) is 5.91 Å². The van der Waals surface area contributed by atoms with Gasteiger partial charge in [-0.25, -0.2) is 0 Å². The summed E-state index contributed by atoms with van der Waals surface area (Å²) in [7, 11) is 0. The van der Waals surface area contributed by atoms with Crippen molar-refractivity contribution in [2.24, 2.45) is 5.73 Å². The summed E-state index contributed by atoms with van der Waals surface area (Å²) in [6, 6.07) is 12.4. The molecule has 5 heteroatoms. The van der Waals surface area contributed by atoms with Crippen molar-refractivity contribution < 1.29 is 9.21 Å². The molecule has 0 radical (unpaired) electrons. The number of fused-ring (bicyclic) bond motifs is 1. The van der Waals surface area contributed by atoms with Crippen LogP contribution in [0.3, 0.4) is 0 Å². The fourth-order valence-corrected chi connectivity index (χ4v) is 3.28. The molecule has 0 saturated carbocycles. The quantitative estimate of drug-likeness (QED) is 0.662. The van der Waals surface area contributed by atoms with Crippen molar-refractivity contribution in [3.8, 4) is 0 Å². The molecule has 0 aliphatic heterocycles. The monoisotopic (exact) mass is 339 g/mol. The number of aryl methyl sites for hydroxylation is 1. The van der Waals surface area contributed by atoms with Crippen molar-refractivity contribution in [2.45, 2.75) is 45.8 Å². The lowest BCUT2D eigenvalue weighted by atomic mass is 10.1. The average Bonchev–Trinajstić information content (AvgIpc) is 3.19. The fourth-order valence-electron chi connectivity index (χ4n) is 3.28. The Labute approximate surface area is 147 Å². The van der Waals surface area contributed by atoms with Crippen LogP contribution in [0.5, 0.6) is 0 Å². The van der Waals surface area contributed by atoms with Crippen LogP contribution < -0.4 is 11.1 Å². The van der Waals surface area contributed by atoms with E-state index in [2.05, 4.69) is 18.3 Å². The third-order valence-corrected chi connectivity index (χ3v) is 4.71. The first-order valence-electron chi connectivity index (χ1n) is 8.67. The van der Waals surface area contributed by atoms with Gasteiger partial charge in [-0.1, -0.05) is 18.2 Å². The van der Waals surface area contributed by atoms with Crippen molar-refractivity contribution in [1.29, 1.82) is 0 Å². The van der Waals surface area contributed by atoms with Gasteiger partial charge in [-0.15, -0.1) is 0 Å². The lowest BCUT2D eigenvalue weighted by molar-refractivity contribution is -0.118. The van der Waals surface area contributed by atoms with Gasteiger partial charge in [0.15, 0.2) is 0 Å². The Bertz CT molecular complexity index is 849. The molecule has 132 valence electrons. The number of carbonyl (C=O) groups excluding carboxylic acids is 1. The second kappa shape index (κ2) is 7.57. The lowest BCUT2D eigenvalue weighted by Gasteiger charge is -2.13. The summed E-state index contributed by atoms with van der Waals surface area (Å²) < 4.78 is 7.39. The number of nitrogens with zero attached hydrogens (tertiary/aromatic N) is 1. The zero-order valence-corrected chi connectivity index (χ0v) is 14.8. The largest absolute Gasteiger partial charge is 0.469 e. The minimum Gasteiger partial charge on any atom is -0.469 e. The van der Waals surface area contributed by atoms with Crippen LogP contribution in [0.4, 0.5) is 0 Å². The molecule has 5 nitrogen and oxygen atoms in total. The van der Waals surface area contributed by atoms with Gasteiger partial charge in [0.1, 0.15) is 12.3 Å². The Morgan fingerprint density at radius 3 is 2.80 bits per heavy atom. The summed E-state index contributed by atoms with van der Waals surface area (Å²) in [5, 5.41) is 4.76. The molecule has 1 atom stereocenters. The predicted molar refractivity (Wildman–Crippen MR) is 99.2 cm³/mol. The Morgan fingerprint density at radius 2 is 2.08 bits per heavy atom.